The molecule has 1 heterocycles. The molecule has 3 nitrogen and oxygen atoms in total. The molecule has 2 atom stereocenters. The van der Waals surface area contributed by atoms with Gasteiger partial charge in [-0.1, -0.05) is 38.1 Å². The summed E-state index contributed by atoms with van der Waals surface area (Å²) in [6.07, 6.45) is 1.00. The second kappa shape index (κ2) is 6.12. The van der Waals surface area contributed by atoms with Crippen molar-refractivity contribution in [3.8, 4) is 0 Å². The molecule has 1 N–H and O–H groups in total. The zero-order valence-corrected chi connectivity index (χ0v) is 11.1. The molecule has 2 rings (SSSR count). The molecule has 0 aromatic heterocycles. The standard InChI is InChI=1S/C15H21NO2/c1-3-11-5-7-12(8-6-11)15(17)13-9-18-10-14(13)16-4-2/h5-8,13-14,16H,3-4,9-10H2,1-2H3. The van der Waals surface area contributed by atoms with Gasteiger partial charge in [0.15, 0.2) is 5.78 Å². The number of nitrogens with one attached hydrogen (secondary N) is 1. The maximum absolute atomic E-state index is 12.4. The maximum Gasteiger partial charge on any atom is 0.169 e. The zero-order valence-electron chi connectivity index (χ0n) is 11.1. The second-order valence-electron chi connectivity index (χ2n) is 4.72. The van der Waals surface area contributed by atoms with Crippen molar-refractivity contribution in [2.45, 2.75) is 26.3 Å². The first-order valence-electron chi connectivity index (χ1n) is 6.70. The van der Waals surface area contributed by atoms with E-state index in [0.717, 1.165) is 18.5 Å². The number of carbonyl (C=O) groups is 1. The van der Waals surface area contributed by atoms with E-state index in [4.69, 9.17) is 4.74 Å². The zero-order chi connectivity index (χ0) is 13.0. The van der Waals surface area contributed by atoms with E-state index >= 15 is 0 Å². The Labute approximate surface area is 109 Å². The third-order valence-corrected chi connectivity index (χ3v) is 3.53. The van der Waals surface area contributed by atoms with Gasteiger partial charge in [-0.3, -0.25) is 4.79 Å². The number of rotatable bonds is 5. The van der Waals surface area contributed by atoms with Crippen LogP contribution in [0.1, 0.15) is 29.8 Å². The number of aryl methyl sites for hydroxylation is 1. The number of hydrogen-bond donors (Lipinski definition) is 1. The lowest BCUT2D eigenvalue weighted by Gasteiger charge is -2.17. The van der Waals surface area contributed by atoms with Crippen LogP contribution in [-0.4, -0.2) is 31.6 Å². The van der Waals surface area contributed by atoms with Crippen molar-refractivity contribution < 1.29 is 9.53 Å². The van der Waals surface area contributed by atoms with Crippen LogP contribution >= 0.6 is 0 Å². The fourth-order valence-corrected chi connectivity index (χ4v) is 2.39. The molecule has 0 saturated carbocycles. The molecule has 2 unspecified atom stereocenters. The quantitative estimate of drug-likeness (QED) is 0.809. The first-order valence-corrected chi connectivity index (χ1v) is 6.70. The van der Waals surface area contributed by atoms with Crippen LogP contribution in [0.15, 0.2) is 24.3 Å². The van der Waals surface area contributed by atoms with Gasteiger partial charge in [0.05, 0.1) is 19.1 Å². The van der Waals surface area contributed by atoms with Gasteiger partial charge in [0, 0.05) is 11.6 Å². The highest BCUT2D eigenvalue weighted by molar-refractivity contribution is 5.98. The Bertz CT molecular complexity index is 399. The van der Waals surface area contributed by atoms with E-state index in [1.54, 1.807) is 0 Å². The fourth-order valence-electron chi connectivity index (χ4n) is 2.39. The van der Waals surface area contributed by atoms with Crippen LogP contribution < -0.4 is 5.32 Å². The van der Waals surface area contributed by atoms with E-state index in [9.17, 15) is 4.79 Å². The molecule has 18 heavy (non-hydrogen) atoms. The van der Waals surface area contributed by atoms with Crippen molar-refractivity contribution in [2.24, 2.45) is 5.92 Å². The van der Waals surface area contributed by atoms with Crippen LogP contribution in [0.2, 0.25) is 0 Å². The lowest BCUT2D eigenvalue weighted by atomic mass is 9.92. The maximum atomic E-state index is 12.4. The summed E-state index contributed by atoms with van der Waals surface area (Å²) in [4.78, 5) is 12.4. The molecular formula is C15H21NO2. The van der Waals surface area contributed by atoms with Gasteiger partial charge in [-0.05, 0) is 18.5 Å². The third kappa shape index (κ3) is 2.79. The summed E-state index contributed by atoms with van der Waals surface area (Å²) in [5.41, 5.74) is 2.06. The molecule has 1 aromatic carbocycles. The molecule has 0 amide bonds. The Balaban J connectivity index is 2.09. The monoisotopic (exact) mass is 247 g/mol. The largest absolute Gasteiger partial charge is 0.379 e. The Morgan fingerprint density at radius 3 is 2.61 bits per heavy atom. The summed E-state index contributed by atoms with van der Waals surface area (Å²) in [5.74, 6) is 0.151. The Morgan fingerprint density at radius 2 is 2.00 bits per heavy atom. The van der Waals surface area contributed by atoms with Gasteiger partial charge in [-0.15, -0.1) is 0 Å². The van der Waals surface area contributed by atoms with Gasteiger partial charge in [-0.2, -0.15) is 0 Å². The minimum atomic E-state index is -0.0440. The van der Waals surface area contributed by atoms with Crippen LogP contribution in [0.5, 0.6) is 0 Å². The normalized spacial score (nSPS) is 23.2. The predicted molar refractivity (Wildman–Crippen MR) is 71.9 cm³/mol. The number of likely N-dealkylation sites (N-methyl/N-ethyl adjacent to an activating group) is 1. The van der Waals surface area contributed by atoms with Gasteiger partial charge in [-0.25, -0.2) is 0 Å². The van der Waals surface area contributed by atoms with Crippen LogP contribution in [0.25, 0.3) is 0 Å². The van der Waals surface area contributed by atoms with Crippen molar-refractivity contribution in [3.63, 3.8) is 0 Å². The average molecular weight is 247 g/mol. The minimum Gasteiger partial charge on any atom is -0.379 e. The molecule has 0 radical (unpaired) electrons. The van der Waals surface area contributed by atoms with E-state index in [-0.39, 0.29) is 17.7 Å². The number of ether oxygens (including phenoxy) is 1. The van der Waals surface area contributed by atoms with E-state index in [1.807, 2.05) is 24.3 Å². The molecule has 1 aliphatic heterocycles. The van der Waals surface area contributed by atoms with Crippen molar-refractivity contribution in [3.05, 3.63) is 35.4 Å². The third-order valence-electron chi connectivity index (χ3n) is 3.53. The summed E-state index contributed by atoms with van der Waals surface area (Å²) >= 11 is 0. The van der Waals surface area contributed by atoms with E-state index in [1.165, 1.54) is 5.56 Å². The Hall–Kier alpha value is -1.19. The number of ketones is 1. The molecule has 1 aromatic rings. The summed E-state index contributed by atoms with van der Waals surface area (Å²) < 4.78 is 5.43. The van der Waals surface area contributed by atoms with Gasteiger partial charge in [0.2, 0.25) is 0 Å². The number of hydrogen-bond acceptors (Lipinski definition) is 3. The van der Waals surface area contributed by atoms with Gasteiger partial charge in [0.1, 0.15) is 0 Å². The smallest absolute Gasteiger partial charge is 0.169 e. The van der Waals surface area contributed by atoms with Crippen LogP contribution in [0, 0.1) is 5.92 Å². The topological polar surface area (TPSA) is 38.3 Å². The summed E-state index contributed by atoms with van der Waals surface area (Å²) in [6.45, 7) is 6.20. The highest BCUT2D eigenvalue weighted by Gasteiger charge is 2.33. The fraction of sp³-hybridized carbons (Fsp3) is 0.533. The van der Waals surface area contributed by atoms with Crippen molar-refractivity contribution >= 4 is 5.78 Å². The molecular weight excluding hydrogens is 226 g/mol. The Morgan fingerprint density at radius 1 is 1.28 bits per heavy atom. The first kappa shape index (κ1) is 13.2. The summed E-state index contributed by atoms with van der Waals surface area (Å²) in [6, 6.07) is 8.09. The predicted octanol–water partition coefficient (Wildman–Crippen LogP) is 2.06. The summed E-state index contributed by atoms with van der Waals surface area (Å²) in [7, 11) is 0. The number of carbonyl (C=O) groups excluding carboxylic acids is 1. The van der Waals surface area contributed by atoms with Gasteiger partial charge >= 0.3 is 0 Å². The van der Waals surface area contributed by atoms with Crippen LogP contribution in [0.3, 0.4) is 0 Å². The van der Waals surface area contributed by atoms with Crippen molar-refractivity contribution in [1.29, 1.82) is 0 Å². The van der Waals surface area contributed by atoms with Crippen molar-refractivity contribution in [2.75, 3.05) is 19.8 Å². The van der Waals surface area contributed by atoms with Gasteiger partial charge in [0.25, 0.3) is 0 Å². The lowest BCUT2D eigenvalue weighted by Crippen LogP contribution is -2.39. The molecule has 0 bridgehead atoms. The van der Waals surface area contributed by atoms with Crippen LogP contribution in [0.4, 0.5) is 0 Å². The van der Waals surface area contributed by atoms with E-state index < -0.39 is 0 Å². The highest BCUT2D eigenvalue weighted by Crippen LogP contribution is 2.19. The number of Topliss-reactive ketones (excluding diaryl/α,β-unsaturated/α-hetero) is 1. The molecule has 0 aliphatic carbocycles. The van der Waals surface area contributed by atoms with Crippen molar-refractivity contribution in [1.82, 2.24) is 5.32 Å². The Kier molecular flexibility index (Phi) is 4.50. The highest BCUT2D eigenvalue weighted by atomic mass is 16.5. The molecule has 98 valence electrons. The molecule has 3 heteroatoms. The molecule has 1 aliphatic rings. The number of benzene rings is 1. The average Bonchev–Trinajstić information content (AvgIpc) is 2.87. The summed E-state index contributed by atoms with van der Waals surface area (Å²) in [5, 5.41) is 3.32. The van der Waals surface area contributed by atoms with E-state index in [0.29, 0.717) is 13.2 Å². The minimum absolute atomic E-state index is 0.0440. The second-order valence-corrected chi connectivity index (χ2v) is 4.72. The van der Waals surface area contributed by atoms with Gasteiger partial charge < -0.3 is 10.1 Å². The SMILES string of the molecule is CCNC1COCC1C(=O)c1ccc(CC)cc1. The molecule has 1 saturated heterocycles. The van der Waals surface area contributed by atoms with Crippen LogP contribution in [-0.2, 0) is 11.2 Å². The lowest BCUT2D eigenvalue weighted by molar-refractivity contribution is 0.0891. The van der Waals surface area contributed by atoms with E-state index in [2.05, 4.69) is 19.2 Å². The molecule has 0 spiro atoms. The molecule has 1 fully saturated rings. The first-order chi connectivity index (χ1) is 8.76.